The van der Waals surface area contributed by atoms with Gasteiger partial charge in [-0.2, -0.15) is 4.98 Å². The zero-order valence-corrected chi connectivity index (χ0v) is 26.8. The molecule has 20 nitrogen and oxygen atoms in total. The molecule has 22 heteroatoms. The summed E-state index contributed by atoms with van der Waals surface area (Å²) in [7, 11) is -6.29. The van der Waals surface area contributed by atoms with Gasteiger partial charge in [-0.15, -0.1) is 0 Å². The van der Waals surface area contributed by atoms with E-state index in [4.69, 9.17) is 43.8 Å². The quantitative estimate of drug-likeness (QED) is 0.255. The predicted octanol–water partition coefficient (Wildman–Crippen LogP) is 1.03. The Morgan fingerprint density at radius 3 is 2.24 bits per heavy atom. The van der Waals surface area contributed by atoms with Crippen LogP contribution in [0.15, 0.2) is 23.8 Å². The van der Waals surface area contributed by atoms with Crippen molar-refractivity contribution < 1.29 is 41.4 Å². The number of hydrogen-bond acceptors (Lipinski definition) is 17. The van der Waals surface area contributed by atoms with Gasteiger partial charge in [-0.05, 0) is 0 Å². The molecule has 0 amide bonds. The molecule has 3 aliphatic heterocycles. The molecule has 0 aromatic carbocycles. The normalized spacial score (nSPS) is 37.1. The number of ether oxygens (including phenoxy) is 3. The van der Waals surface area contributed by atoms with Crippen molar-refractivity contribution in [3.63, 3.8) is 0 Å². The second-order valence-corrected chi connectivity index (χ2v) is 15.3. The molecule has 2 bridgehead atoms. The van der Waals surface area contributed by atoms with Crippen LogP contribution in [0.4, 0.5) is 11.8 Å². The number of fused-ring (bicyclic) bond motifs is 5. The zero-order valence-electron chi connectivity index (χ0n) is 25.0. The predicted molar refractivity (Wildman–Crippen MR) is 159 cm³/mol. The van der Waals surface area contributed by atoms with Crippen LogP contribution >= 0.6 is 15.2 Å². The number of aromatic amines is 1. The average Bonchev–Trinajstić information content (AvgIpc) is 3.75. The summed E-state index contributed by atoms with van der Waals surface area (Å²) in [6.45, 7) is 3.93. The third-order valence-electron chi connectivity index (χ3n) is 8.17. The maximum atomic E-state index is 13.9. The number of imidazole rings is 2. The lowest BCUT2D eigenvalue weighted by atomic mass is 10.0. The van der Waals surface area contributed by atoms with E-state index in [0.717, 1.165) is 0 Å². The number of nitrogens with one attached hydrogen (secondary N) is 1. The standard InChI is InChI=1S/C24H32N10O10P2/c1-10-15-11(41-22(10)33-8-29-13-18(25)27-7-28-19(13)33)5-39-46(4,37)44-17-16(38-2)12(6-40-45(3,36)43-15)42-23(17)34-9-30-14-20(34)31-24(26)32-21(14)35/h7-12,15-17,22-23H,5-6H2,1-4H3,(H2,25,27,28)(H3,26,31,32,35)/t10?,11?,12?,15?,16?,17?,22?,23?,45-,46+/m0/s1. The van der Waals surface area contributed by atoms with Gasteiger partial charge in [0, 0.05) is 26.4 Å². The Kier molecular flexibility index (Phi) is 7.77. The summed E-state index contributed by atoms with van der Waals surface area (Å²) >= 11 is 0. The van der Waals surface area contributed by atoms with Crippen molar-refractivity contribution in [3.8, 4) is 0 Å². The molecule has 7 rings (SSSR count). The van der Waals surface area contributed by atoms with Gasteiger partial charge in [0.25, 0.3) is 5.56 Å². The van der Waals surface area contributed by atoms with Gasteiger partial charge in [0.15, 0.2) is 28.9 Å². The minimum atomic E-state index is -3.90. The van der Waals surface area contributed by atoms with E-state index in [2.05, 4.69) is 29.9 Å². The van der Waals surface area contributed by atoms with Crippen molar-refractivity contribution in [2.45, 2.75) is 49.9 Å². The van der Waals surface area contributed by atoms with Gasteiger partial charge in [-0.25, -0.2) is 19.9 Å². The minimum absolute atomic E-state index is 0.00469. The van der Waals surface area contributed by atoms with E-state index in [9.17, 15) is 13.9 Å². The van der Waals surface area contributed by atoms with Gasteiger partial charge in [0.05, 0.1) is 25.9 Å². The Morgan fingerprint density at radius 2 is 1.52 bits per heavy atom. The van der Waals surface area contributed by atoms with Gasteiger partial charge in [0.2, 0.25) is 5.95 Å². The molecule has 0 radical (unpaired) electrons. The number of aromatic nitrogens is 8. The number of nitrogens with zero attached hydrogens (tertiary/aromatic N) is 7. The van der Waals surface area contributed by atoms with Crippen LogP contribution in [-0.2, 0) is 41.4 Å². The molecule has 4 aromatic rings. The molecule has 7 heterocycles. The Hall–Kier alpha value is -3.32. The molecule has 248 valence electrons. The first-order valence-corrected chi connectivity index (χ1v) is 18.1. The van der Waals surface area contributed by atoms with Gasteiger partial charge < -0.3 is 39.2 Å². The first-order chi connectivity index (χ1) is 21.9. The van der Waals surface area contributed by atoms with E-state index < -0.39 is 69.6 Å². The monoisotopic (exact) mass is 682 g/mol. The topological polar surface area (TPSA) is 258 Å². The molecule has 0 aliphatic carbocycles. The molecule has 3 fully saturated rings. The van der Waals surface area contributed by atoms with E-state index in [1.54, 1.807) is 4.57 Å². The number of rotatable bonds is 3. The fraction of sp³-hybridized carbons (Fsp3) is 0.583. The Balaban J connectivity index is 1.22. The number of hydrogen-bond donors (Lipinski definition) is 3. The summed E-state index contributed by atoms with van der Waals surface area (Å²) in [5.41, 5.74) is 12.1. The maximum absolute atomic E-state index is 13.9. The average molecular weight is 683 g/mol. The summed E-state index contributed by atoms with van der Waals surface area (Å²) < 4.78 is 73.1. The lowest BCUT2D eigenvalue weighted by molar-refractivity contribution is -0.0592. The van der Waals surface area contributed by atoms with Crippen molar-refractivity contribution in [2.24, 2.45) is 5.92 Å². The minimum Gasteiger partial charge on any atom is -0.382 e. The van der Waals surface area contributed by atoms with Crippen molar-refractivity contribution >= 4 is 49.3 Å². The number of nitrogen functional groups attached to an aromatic ring is 2. The van der Waals surface area contributed by atoms with Crippen molar-refractivity contribution in [2.75, 3.05) is 45.1 Å². The number of nitrogens with two attached hydrogens (primary N) is 2. The molecular weight excluding hydrogens is 650 g/mol. The molecule has 10 atom stereocenters. The lowest BCUT2D eigenvalue weighted by Gasteiger charge is -2.28. The third kappa shape index (κ3) is 5.42. The maximum Gasteiger partial charge on any atom is 0.328 e. The van der Waals surface area contributed by atoms with E-state index in [0.29, 0.717) is 11.2 Å². The number of anilines is 2. The van der Waals surface area contributed by atoms with Crippen LogP contribution in [0, 0.1) is 5.92 Å². The molecular formula is C24H32N10O10P2. The van der Waals surface area contributed by atoms with Crippen LogP contribution in [0.25, 0.3) is 22.3 Å². The van der Waals surface area contributed by atoms with Crippen molar-refractivity contribution in [1.29, 1.82) is 0 Å². The van der Waals surface area contributed by atoms with Gasteiger partial charge >= 0.3 is 15.2 Å². The first-order valence-electron chi connectivity index (χ1n) is 14.2. The smallest absolute Gasteiger partial charge is 0.328 e. The molecule has 46 heavy (non-hydrogen) atoms. The number of H-pyrrole nitrogens is 1. The summed E-state index contributed by atoms with van der Waals surface area (Å²) in [5, 5.41) is 0. The Morgan fingerprint density at radius 1 is 0.891 bits per heavy atom. The molecule has 0 saturated carbocycles. The summed E-state index contributed by atoms with van der Waals surface area (Å²) in [6, 6.07) is 0. The molecule has 0 spiro atoms. The highest BCUT2D eigenvalue weighted by Crippen LogP contribution is 2.55. The Bertz CT molecular complexity index is 1950. The molecule has 5 N–H and O–H groups in total. The van der Waals surface area contributed by atoms with E-state index in [1.807, 2.05) is 6.92 Å². The first kappa shape index (κ1) is 31.3. The highest BCUT2D eigenvalue weighted by atomic mass is 31.2. The van der Waals surface area contributed by atoms with Gasteiger partial charge in [0.1, 0.15) is 48.6 Å². The van der Waals surface area contributed by atoms with Crippen molar-refractivity contribution in [3.05, 3.63) is 29.3 Å². The second-order valence-electron chi connectivity index (χ2n) is 11.3. The lowest BCUT2D eigenvalue weighted by Crippen LogP contribution is -2.37. The van der Waals surface area contributed by atoms with E-state index >= 15 is 0 Å². The molecule has 3 aliphatic rings. The van der Waals surface area contributed by atoms with Gasteiger partial charge in [-0.3, -0.25) is 32.6 Å². The number of methoxy groups -OCH3 is 1. The molecule has 4 aromatic heterocycles. The summed E-state index contributed by atoms with van der Waals surface area (Å²) in [5.74, 6) is -0.388. The summed E-state index contributed by atoms with van der Waals surface area (Å²) in [6.07, 6.45) is -2.25. The van der Waals surface area contributed by atoms with E-state index in [-0.39, 0.29) is 36.1 Å². The van der Waals surface area contributed by atoms with Crippen LogP contribution in [0.3, 0.4) is 0 Å². The molecule has 8 unspecified atom stereocenters. The summed E-state index contributed by atoms with van der Waals surface area (Å²) in [4.78, 5) is 35.8. The highest BCUT2D eigenvalue weighted by molar-refractivity contribution is 7.53. The zero-order chi connectivity index (χ0) is 32.5. The molecule has 3 saturated heterocycles. The SMILES string of the molecule is COC1C2CO[P@](C)(=O)OC3C(CO[P@@](C)(=O)OC1C(n1cnc4c(=O)[nH]c(N)nc41)O2)OC(n1cnc2c(N)ncnc21)C3C. The fourth-order valence-electron chi connectivity index (χ4n) is 6.07. The third-order valence-corrected chi connectivity index (χ3v) is 10.7. The van der Waals surface area contributed by atoms with Gasteiger partial charge in [-0.1, -0.05) is 6.92 Å². The van der Waals surface area contributed by atoms with Crippen LogP contribution in [0.2, 0.25) is 0 Å². The van der Waals surface area contributed by atoms with Crippen molar-refractivity contribution in [1.82, 2.24) is 39.0 Å². The van der Waals surface area contributed by atoms with Crippen LogP contribution in [0.5, 0.6) is 0 Å². The fourth-order valence-corrected chi connectivity index (χ4v) is 8.46. The van der Waals surface area contributed by atoms with Crippen LogP contribution < -0.4 is 17.0 Å². The van der Waals surface area contributed by atoms with E-state index in [1.165, 1.54) is 44.0 Å². The largest absolute Gasteiger partial charge is 0.382 e. The van der Waals surface area contributed by atoms with Crippen LogP contribution in [0.1, 0.15) is 19.4 Å². The highest BCUT2D eigenvalue weighted by Gasteiger charge is 2.52. The van der Waals surface area contributed by atoms with Crippen LogP contribution in [-0.4, -0.2) is 103 Å². The Labute approximate surface area is 260 Å². The second kappa shape index (κ2) is 11.4.